The van der Waals surface area contributed by atoms with Gasteiger partial charge >= 0.3 is 17.9 Å². The van der Waals surface area contributed by atoms with Crippen molar-refractivity contribution in [1.29, 1.82) is 0 Å². The maximum Gasteiger partial charge on any atom is 0.306 e. The molecule has 0 fully saturated rings. The second-order valence-corrected chi connectivity index (χ2v) is 21.3. The van der Waals surface area contributed by atoms with Crippen LogP contribution < -0.4 is 0 Å². The van der Waals surface area contributed by atoms with Gasteiger partial charge in [-0.2, -0.15) is 0 Å². The lowest BCUT2D eigenvalue weighted by Gasteiger charge is -2.18. The predicted octanol–water partition coefficient (Wildman–Crippen LogP) is 22.9. The van der Waals surface area contributed by atoms with Gasteiger partial charge < -0.3 is 14.2 Å². The normalized spacial score (nSPS) is 13.2. The van der Waals surface area contributed by atoms with Crippen molar-refractivity contribution in [3.05, 3.63) is 158 Å². The maximum atomic E-state index is 12.9. The number of carbonyl (C=O) groups is 3. The monoisotopic (exact) mass is 1120 g/mol. The molecule has 0 aliphatic carbocycles. The molecule has 0 rings (SSSR count). The van der Waals surface area contributed by atoms with Gasteiger partial charge in [0, 0.05) is 19.3 Å². The fraction of sp³-hybridized carbons (Fsp3) is 0.613. The summed E-state index contributed by atoms with van der Waals surface area (Å²) >= 11 is 0. The van der Waals surface area contributed by atoms with Crippen molar-refractivity contribution in [3.63, 3.8) is 0 Å². The third kappa shape index (κ3) is 65.7. The first-order valence-corrected chi connectivity index (χ1v) is 33.0. The number of unbranched alkanes of at least 4 members (excludes halogenated alkanes) is 21. The van der Waals surface area contributed by atoms with E-state index in [2.05, 4.69) is 179 Å². The van der Waals surface area contributed by atoms with Gasteiger partial charge in [0.05, 0.1) is 0 Å². The van der Waals surface area contributed by atoms with Crippen LogP contribution in [-0.2, 0) is 28.6 Å². The molecule has 0 aliphatic rings. The van der Waals surface area contributed by atoms with Crippen LogP contribution in [0.3, 0.4) is 0 Å². The minimum absolute atomic E-state index is 0.106. The number of allylic oxidation sites excluding steroid dienone is 26. The Balaban J connectivity index is 4.49. The van der Waals surface area contributed by atoms with E-state index in [4.69, 9.17) is 14.2 Å². The van der Waals surface area contributed by atoms with Crippen LogP contribution in [-0.4, -0.2) is 37.2 Å². The van der Waals surface area contributed by atoms with Crippen LogP contribution in [0.1, 0.15) is 278 Å². The predicted molar refractivity (Wildman–Crippen MR) is 352 cm³/mol. The molecule has 1 unspecified atom stereocenters. The van der Waals surface area contributed by atoms with Gasteiger partial charge in [0.2, 0.25) is 0 Å². The van der Waals surface area contributed by atoms with Gasteiger partial charge in [-0.3, -0.25) is 14.4 Å². The minimum Gasteiger partial charge on any atom is -0.462 e. The molecule has 0 radical (unpaired) electrons. The van der Waals surface area contributed by atoms with Gasteiger partial charge in [-0.05, 0) is 122 Å². The summed E-state index contributed by atoms with van der Waals surface area (Å²) in [5, 5.41) is 0. The van der Waals surface area contributed by atoms with E-state index in [0.717, 1.165) is 141 Å². The lowest BCUT2D eigenvalue weighted by molar-refractivity contribution is -0.167. The van der Waals surface area contributed by atoms with E-state index in [0.29, 0.717) is 19.3 Å². The molecule has 81 heavy (non-hydrogen) atoms. The quantitative estimate of drug-likeness (QED) is 0.0261. The van der Waals surface area contributed by atoms with Crippen LogP contribution in [0.15, 0.2) is 158 Å². The minimum atomic E-state index is -0.817. The summed E-state index contributed by atoms with van der Waals surface area (Å²) in [6.45, 7) is 6.36. The number of rotatable bonds is 58. The second kappa shape index (κ2) is 67.5. The molecule has 0 saturated carbocycles. The smallest absolute Gasteiger partial charge is 0.306 e. The fourth-order valence-corrected chi connectivity index (χ4v) is 8.67. The van der Waals surface area contributed by atoms with Crippen LogP contribution in [0.5, 0.6) is 0 Å². The first-order valence-electron chi connectivity index (χ1n) is 33.0. The molecule has 0 aromatic carbocycles. The first kappa shape index (κ1) is 76.0. The summed E-state index contributed by atoms with van der Waals surface area (Å²) in [6, 6.07) is 0. The molecule has 0 bridgehead atoms. The molecule has 0 aliphatic heterocycles. The summed E-state index contributed by atoms with van der Waals surface area (Å²) < 4.78 is 16.9. The average molecular weight is 1120 g/mol. The maximum absolute atomic E-state index is 12.9. The molecule has 0 spiro atoms. The summed E-state index contributed by atoms with van der Waals surface area (Å²) in [5.74, 6) is -0.981. The summed E-state index contributed by atoms with van der Waals surface area (Å²) in [6.07, 6.45) is 98.2. The van der Waals surface area contributed by atoms with Crippen molar-refractivity contribution in [2.45, 2.75) is 284 Å². The van der Waals surface area contributed by atoms with Crippen LogP contribution in [0.25, 0.3) is 0 Å². The highest BCUT2D eigenvalue weighted by molar-refractivity contribution is 5.71. The van der Waals surface area contributed by atoms with Crippen molar-refractivity contribution in [1.82, 2.24) is 0 Å². The van der Waals surface area contributed by atoms with E-state index in [1.54, 1.807) is 0 Å². The molecule has 6 heteroatoms. The van der Waals surface area contributed by atoms with Crippen LogP contribution in [0.2, 0.25) is 0 Å². The number of ether oxygens (including phenoxy) is 3. The molecule has 0 aromatic heterocycles. The standard InChI is InChI=1S/C75H120O6/c1-4-7-10-13-16-19-22-25-28-30-32-33-34-35-36-37-38-39-40-41-43-44-47-50-53-56-59-62-65-68-74(77)80-71-72(70-79-73(76)67-64-61-58-55-52-49-46-27-24-21-18-15-12-9-6-3)81-75(78)69-66-63-60-57-54-51-48-45-42-31-29-26-23-20-17-14-11-8-5-2/h7-8,10-11,16-17,19-20,25-26,28-29,32-33,35-36,38-39,41-43,45,47,50,56,59,72H,4-6,9,12-15,18,21-24,27,30-31,34,37,40,44,46,48-49,51-55,57-58,60-71H2,1-3H3/b10-7-,11-8-,19-16-,20-17-,28-25-,29-26-,33-32-,36-35-,39-38-,43-41-,45-42-,50-47-,59-56-. The molecule has 0 aromatic rings. The van der Waals surface area contributed by atoms with Crippen LogP contribution in [0, 0.1) is 0 Å². The van der Waals surface area contributed by atoms with Gasteiger partial charge in [0.15, 0.2) is 6.10 Å². The summed E-state index contributed by atoms with van der Waals surface area (Å²) in [4.78, 5) is 38.3. The van der Waals surface area contributed by atoms with Gasteiger partial charge in [0.1, 0.15) is 13.2 Å². The molecule has 0 N–H and O–H groups in total. The molecule has 6 nitrogen and oxygen atoms in total. The van der Waals surface area contributed by atoms with Crippen molar-refractivity contribution in [2.75, 3.05) is 13.2 Å². The molecule has 456 valence electrons. The van der Waals surface area contributed by atoms with Crippen LogP contribution >= 0.6 is 0 Å². The summed E-state index contributed by atoms with van der Waals surface area (Å²) in [7, 11) is 0. The Hall–Kier alpha value is -4.97. The lowest BCUT2D eigenvalue weighted by Crippen LogP contribution is -2.30. The van der Waals surface area contributed by atoms with Crippen molar-refractivity contribution in [3.8, 4) is 0 Å². The molecule has 0 saturated heterocycles. The molecule has 1 atom stereocenters. The summed E-state index contributed by atoms with van der Waals surface area (Å²) in [5.41, 5.74) is 0. The second-order valence-electron chi connectivity index (χ2n) is 21.3. The van der Waals surface area contributed by atoms with E-state index in [9.17, 15) is 14.4 Å². The Kier molecular flexibility index (Phi) is 63.4. The van der Waals surface area contributed by atoms with E-state index >= 15 is 0 Å². The van der Waals surface area contributed by atoms with Crippen LogP contribution in [0.4, 0.5) is 0 Å². The SMILES string of the molecule is CC/C=C\C/C=C\C/C=C\C/C=C\C/C=C\C/C=C\C/C=C\C/C=C\C/C=C\CCCC(=O)OCC(COC(=O)CCCCCCCCCCCCCCCCC)OC(=O)CCCCCCCC/C=C\C/C=C\C/C=C\C/C=C\CC. The van der Waals surface area contributed by atoms with Crippen molar-refractivity contribution < 1.29 is 28.6 Å². The Labute approximate surface area is 499 Å². The zero-order valence-electron chi connectivity index (χ0n) is 52.2. The zero-order chi connectivity index (χ0) is 58.5. The lowest BCUT2D eigenvalue weighted by atomic mass is 10.0. The van der Waals surface area contributed by atoms with Gasteiger partial charge in [-0.25, -0.2) is 0 Å². The van der Waals surface area contributed by atoms with E-state index in [1.807, 2.05) is 0 Å². The Morgan fingerprint density at radius 1 is 0.259 bits per heavy atom. The van der Waals surface area contributed by atoms with E-state index in [-0.39, 0.29) is 37.5 Å². The molecular weight excluding hydrogens is 997 g/mol. The highest BCUT2D eigenvalue weighted by atomic mass is 16.6. The molecule has 0 amide bonds. The Bertz CT molecular complexity index is 1810. The van der Waals surface area contributed by atoms with Gasteiger partial charge in [-0.1, -0.05) is 294 Å². The highest BCUT2D eigenvalue weighted by Gasteiger charge is 2.19. The third-order valence-electron chi connectivity index (χ3n) is 13.5. The highest BCUT2D eigenvalue weighted by Crippen LogP contribution is 2.15. The topological polar surface area (TPSA) is 78.9 Å². The van der Waals surface area contributed by atoms with Crippen molar-refractivity contribution in [2.24, 2.45) is 0 Å². The van der Waals surface area contributed by atoms with Gasteiger partial charge in [-0.15, -0.1) is 0 Å². The number of carbonyl (C=O) groups excluding carboxylic acids is 3. The van der Waals surface area contributed by atoms with E-state index < -0.39 is 6.10 Å². The first-order chi connectivity index (χ1) is 40.0. The Morgan fingerprint density at radius 2 is 0.494 bits per heavy atom. The molecule has 0 heterocycles. The Morgan fingerprint density at radius 3 is 0.802 bits per heavy atom. The average Bonchev–Trinajstić information content (AvgIpc) is 3.47. The third-order valence-corrected chi connectivity index (χ3v) is 13.5. The van der Waals surface area contributed by atoms with E-state index in [1.165, 1.54) is 89.9 Å². The number of hydrogen-bond acceptors (Lipinski definition) is 6. The molecular formula is C75H120O6. The number of hydrogen-bond donors (Lipinski definition) is 0. The zero-order valence-corrected chi connectivity index (χ0v) is 52.2. The number of esters is 3. The largest absolute Gasteiger partial charge is 0.462 e. The van der Waals surface area contributed by atoms with Gasteiger partial charge in [0.25, 0.3) is 0 Å². The fourth-order valence-electron chi connectivity index (χ4n) is 8.67. The van der Waals surface area contributed by atoms with Crippen molar-refractivity contribution >= 4 is 17.9 Å².